The van der Waals surface area contributed by atoms with E-state index in [1.807, 2.05) is 18.2 Å². The number of rotatable bonds is 1. The van der Waals surface area contributed by atoms with E-state index in [2.05, 4.69) is 35.5 Å². The van der Waals surface area contributed by atoms with E-state index in [4.69, 9.17) is 0 Å². The van der Waals surface area contributed by atoms with E-state index in [1.165, 1.54) is 10.8 Å². The zero-order chi connectivity index (χ0) is 8.39. The van der Waals surface area contributed by atoms with Crippen LogP contribution in [0, 0.1) is 0 Å². The Morgan fingerprint density at radius 2 is 1.67 bits per heavy atom. The summed E-state index contributed by atoms with van der Waals surface area (Å²) in [6.07, 6.45) is 0. The van der Waals surface area contributed by atoms with Gasteiger partial charge in [0.15, 0.2) is 0 Å². The van der Waals surface area contributed by atoms with Crippen LogP contribution in [0.25, 0.3) is 10.8 Å². The molecule has 0 heterocycles. The van der Waals surface area contributed by atoms with E-state index >= 15 is 0 Å². The Bertz CT molecular complexity index is 396. The number of fused-ring (bicyclic) bond motifs is 1. The highest BCUT2D eigenvalue weighted by Gasteiger charge is 1.93. The minimum absolute atomic E-state index is 1.05. The standard InChI is InChI=1S/C10H10N2/c11-12-10-6-5-8-3-1-2-4-9(8)7-10/h1-7,12H,11H2/p+1. The van der Waals surface area contributed by atoms with E-state index in [9.17, 15) is 0 Å². The van der Waals surface area contributed by atoms with Crippen molar-refractivity contribution in [3.63, 3.8) is 0 Å². The molecule has 2 nitrogen and oxygen atoms in total. The fourth-order valence-electron chi connectivity index (χ4n) is 1.30. The van der Waals surface area contributed by atoms with Gasteiger partial charge in [-0.15, -0.1) is 0 Å². The lowest BCUT2D eigenvalue weighted by molar-refractivity contribution is -0.325. The highest BCUT2D eigenvalue weighted by atomic mass is 15.2. The average Bonchev–Trinajstić information content (AvgIpc) is 2.17. The second-order valence-electron chi connectivity index (χ2n) is 2.74. The Morgan fingerprint density at radius 3 is 2.42 bits per heavy atom. The second kappa shape index (κ2) is 2.83. The third-order valence-electron chi connectivity index (χ3n) is 1.95. The van der Waals surface area contributed by atoms with Gasteiger partial charge in [-0.25, -0.2) is 5.43 Å². The molecule has 12 heavy (non-hydrogen) atoms. The first kappa shape index (κ1) is 7.13. The van der Waals surface area contributed by atoms with E-state index in [0.717, 1.165) is 5.69 Å². The molecule has 0 spiro atoms. The molecule has 0 bridgehead atoms. The number of hydrogen-bond acceptors (Lipinski definition) is 1. The molecule has 2 rings (SSSR count). The van der Waals surface area contributed by atoms with Crippen LogP contribution in [0.4, 0.5) is 5.69 Å². The van der Waals surface area contributed by atoms with Crippen LogP contribution in [-0.2, 0) is 0 Å². The molecule has 0 fully saturated rings. The predicted octanol–water partition coefficient (Wildman–Crippen LogP) is 1.41. The van der Waals surface area contributed by atoms with Crippen molar-refractivity contribution in [2.75, 3.05) is 5.43 Å². The number of nitrogens with one attached hydrogen (secondary N) is 1. The summed E-state index contributed by atoms with van der Waals surface area (Å²) in [5.74, 6) is 3.61. The molecule has 0 saturated carbocycles. The van der Waals surface area contributed by atoms with Gasteiger partial charge in [-0.3, -0.25) is 5.84 Å². The average molecular weight is 159 g/mol. The maximum absolute atomic E-state index is 3.61. The lowest BCUT2D eigenvalue weighted by atomic mass is 10.1. The normalized spacial score (nSPS) is 10.1. The molecular weight excluding hydrogens is 148 g/mol. The summed E-state index contributed by atoms with van der Waals surface area (Å²) < 4.78 is 0. The predicted molar refractivity (Wildman–Crippen MR) is 50.5 cm³/mol. The third kappa shape index (κ3) is 1.12. The van der Waals surface area contributed by atoms with Gasteiger partial charge < -0.3 is 0 Å². The minimum atomic E-state index is 1.05. The van der Waals surface area contributed by atoms with E-state index in [-0.39, 0.29) is 0 Å². The summed E-state index contributed by atoms with van der Waals surface area (Å²) in [5.41, 5.74) is 3.92. The van der Waals surface area contributed by atoms with Crippen molar-refractivity contribution in [2.24, 2.45) is 0 Å². The second-order valence-corrected chi connectivity index (χ2v) is 2.74. The van der Waals surface area contributed by atoms with Gasteiger partial charge in [0.05, 0.1) is 5.69 Å². The Balaban J connectivity index is 2.67. The highest BCUT2D eigenvalue weighted by Crippen LogP contribution is 2.17. The molecule has 0 atom stereocenters. The Labute approximate surface area is 71.0 Å². The summed E-state index contributed by atoms with van der Waals surface area (Å²) in [6.45, 7) is 0. The fraction of sp³-hybridized carbons (Fsp3) is 0. The SMILES string of the molecule is [NH3+]Nc1ccc2ccccc2c1. The molecule has 0 radical (unpaired) electrons. The van der Waals surface area contributed by atoms with Crippen molar-refractivity contribution in [1.82, 2.24) is 0 Å². The van der Waals surface area contributed by atoms with Gasteiger partial charge in [-0.05, 0) is 22.9 Å². The molecule has 0 aliphatic rings. The van der Waals surface area contributed by atoms with Crippen LogP contribution < -0.4 is 11.3 Å². The van der Waals surface area contributed by atoms with Crippen molar-refractivity contribution in [2.45, 2.75) is 0 Å². The van der Waals surface area contributed by atoms with Crippen LogP contribution >= 0.6 is 0 Å². The van der Waals surface area contributed by atoms with Crippen molar-refractivity contribution in [3.05, 3.63) is 42.5 Å². The lowest BCUT2D eigenvalue weighted by Gasteiger charge is -1.99. The number of benzene rings is 2. The maximum atomic E-state index is 3.61. The molecule has 4 N–H and O–H groups in total. The van der Waals surface area contributed by atoms with Gasteiger partial charge in [-0.2, -0.15) is 0 Å². The van der Waals surface area contributed by atoms with Gasteiger partial charge in [0.1, 0.15) is 0 Å². The van der Waals surface area contributed by atoms with Crippen LogP contribution in [0.3, 0.4) is 0 Å². The quantitative estimate of drug-likeness (QED) is 0.607. The fourth-order valence-corrected chi connectivity index (χ4v) is 1.30. The zero-order valence-electron chi connectivity index (χ0n) is 6.75. The van der Waals surface area contributed by atoms with Gasteiger partial charge in [0.2, 0.25) is 0 Å². The summed E-state index contributed by atoms with van der Waals surface area (Å²) in [6, 6.07) is 14.5. The number of hydrogen-bond donors (Lipinski definition) is 2. The Hall–Kier alpha value is -1.54. The first-order valence-corrected chi connectivity index (χ1v) is 3.92. The van der Waals surface area contributed by atoms with Gasteiger partial charge in [0, 0.05) is 0 Å². The van der Waals surface area contributed by atoms with Gasteiger partial charge in [-0.1, -0.05) is 30.3 Å². The third-order valence-corrected chi connectivity index (χ3v) is 1.95. The Kier molecular flexibility index (Phi) is 1.68. The topological polar surface area (TPSA) is 39.7 Å². The molecular formula is C10H11N2+. The lowest BCUT2D eigenvalue weighted by Crippen LogP contribution is -2.56. The molecule has 60 valence electrons. The number of anilines is 1. The van der Waals surface area contributed by atoms with Crippen LogP contribution in [0.2, 0.25) is 0 Å². The Morgan fingerprint density at radius 1 is 0.917 bits per heavy atom. The highest BCUT2D eigenvalue weighted by molar-refractivity contribution is 5.85. The van der Waals surface area contributed by atoms with E-state index in [0.29, 0.717) is 0 Å². The molecule has 0 saturated heterocycles. The largest absolute Gasteiger partial charge is 0.258 e. The smallest absolute Gasteiger partial charge is 0.0853 e. The number of quaternary nitrogens is 1. The maximum Gasteiger partial charge on any atom is 0.0853 e. The zero-order valence-corrected chi connectivity index (χ0v) is 6.75. The molecule has 2 aromatic rings. The van der Waals surface area contributed by atoms with Crippen LogP contribution in [0.1, 0.15) is 0 Å². The molecule has 2 aromatic carbocycles. The summed E-state index contributed by atoms with van der Waals surface area (Å²) >= 11 is 0. The van der Waals surface area contributed by atoms with Crippen LogP contribution in [0.15, 0.2) is 42.5 Å². The first-order chi connectivity index (χ1) is 5.90. The van der Waals surface area contributed by atoms with Crippen molar-refractivity contribution < 1.29 is 5.84 Å². The van der Waals surface area contributed by atoms with E-state index < -0.39 is 0 Å². The molecule has 0 aromatic heterocycles. The van der Waals surface area contributed by atoms with E-state index in [1.54, 1.807) is 0 Å². The molecule has 0 aliphatic carbocycles. The van der Waals surface area contributed by atoms with Crippen molar-refractivity contribution >= 4 is 16.5 Å². The molecule has 0 unspecified atom stereocenters. The van der Waals surface area contributed by atoms with Crippen LogP contribution in [0.5, 0.6) is 0 Å². The monoisotopic (exact) mass is 159 g/mol. The molecule has 0 aliphatic heterocycles. The van der Waals surface area contributed by atoms with Gasteiger partial charge >= 0.3 is 0 Å². The summed E-state index contributed by atoms with van der Waals surface area (Å²) in [5, 5.41) is 2.50. The summed E-state index contributed by atoms with van der Waals surface area (Å²) in [7, 11) is 0. The molecule has 2 heteroatoms. The first-order valence-electron chi connectivity index (χ1n) is 3.92. The molecule has 0 amide bonds. The van der Waals surface area contributed by atoms with Gasteiger partial charge in [0.25, 0.3) is 0 Å². The van der Waals surface area contributed by atoms with Crippen molar-refractivity contribution in [3.8, 4) is 0 Å². The van der Waals surface area contributed by atoms with Crippen LogP contribution in [-0.4, -0.2) is 0 Å². The van der Waals surface area contributed by atoms with Crippen molar-refractivity contribution in [1.29, 1.82) is 0 Å². The summed E-state index contributed by atoms with van der Waals surface area (Å²) in [4.78, 5) is 0. The minimum Gasteiger partial charge on any atom is -0.258 e.